The maximum absolute atomic E-state index is 11.1. The van der Waals surface area contributed by atoms with Gasteiger partial charge in [0.25, 0.3) is 0 Å². The van der Waals surface area contributed by atoms with Crippen molar-refractivity contribution >= 4 is 10.0 Å². The number of nitrogens with zero attached hydrogens (tertiary/aromatic N) is 1. The molecule has 2 atom stereocenters. The number of sulfonamides is 1. The third kappa shape index (κ3) is 1.18. The van der Waals surface area contributed by atoms with E-state index < -0.39 is 10.0 Å². The highest BCUT2D eigenvalue weighted by Crippen LogP contribution is 2.42. The molecule has 0 N–H and O–H groups in total. The second-order valence-electron chi connectivity index (χ2n) is 3.51. The molecule has 0 bridgehead atoms. The molecule has 0 spiro atoms. The van der Waals surface area contributed by atoms with Crippen LogP contribution in [0.4, 0.5) is 0 Å². The number of hydrogen-bond donors (Lipinski definition) is 0. The lowest BCUT2D eigenvalue weighted by atomic mass is 10.0. The van der Waals surface area contributed by atoms with Crippen LogP contribution in [-0.2, 0) is 10.0 Å². The molecule has 3 nitrogen and oxygen atoms in total. The summed E-state index contributed by atoms with van der Waals surface area (Å²) >= 11 is 0. The Morgan fingerprint density at radius 1 is 1.18 bits per heavy atom. The monoisotopic (exact) mass is 175 g/mol. The molecule has 0 amide bonds. The Bertz CT molecular complexity index is 248. The molecule has 0 unspecified atom stereocenters. The van der Waals surface area contributed by atoms with Crippen molar-refractivity contribution in [2.45, 2.75) is 37.8 Å². The fourth-order valence-corrected chi connectivity index (χ4v) is 3.57. The third-order valence-corrected chi connectivity index (χ3v) is 3.95. The molecule has 1 heterocycles. The zero-order valence-corrected chi connectivity index (χ0v) is 7.47. The minimum Gasteiger partial charge on any atom is -0.212 e. The predicted octanol–water partition coefficient (Wildman–Crippen LogP) is 0.573. The largest absolute Gasteiger partial charge is 0.212 e. The van der Waals surface area contributed by atoms with Crippen LogP contribution in [0, 0.1) is 0 Å². The molecule has 2 rings (SSSR count). The second kappa shape index (κ2) is 2.20. The van der Waals surface area contributed by atoms with Crippen molar-refractivity contribution in [1.82, 2.24) is 4.31 Å². The fraction of sp³-hybridized carbons (Fsp3) is 1.00. The molecule has 1 aliphatic heterocycles. The smallest absolute Gasteiger partial charge is 0.211 e. The van der Waals surface area contributed by atoms with Crippen molar-refractivity contribution in [3.05, 3.63) is 0 Å². The van der Waals surface area contributed by atoms with Crippen LogP contribution >= 0.6 is 0 Å². The van der Waals surface area contributed by atoms with Gasteiger partial charge in [0.1, 0.15) is 0 Å². The van der Waals surface area contributed by atoms with Gasteiger partial charge in [-0.3, -0.25) is 0 Å². The second-order valence-corrected chi connectivity index (χ2v) is 5.40. The minimum absolute atomic E-state index is 0.374. The standard InChI is InChI=1S/C7H13NO2S/c1-11(9,10)8-6-4-2-3-5-7(6)8/h6-7H,2-5H2,1H3/t6-,7-/m1/s1. The van der Waals surface area contributed by atoms with Crippen LogP contribution in [0.2, 0.25) is 0 Å². The Hall–Kier alpha value is -0.0900. The van der Waals surface area contributed by atoms with Crippen LogP contribution < -0.4 is 0 Å². The lowest BCUT2D eigenvalue weighted by molar-refractivity contribution is 0.551. The SMILES string of the molecule is CS(=O)(=O)N1[C@@H]2CCCC[C@H]21. The Morgan fingerprint density at radius 2 is 1.64 bits per heavy atom. The van der Waals surface area contributed by atoms with Gasteiger partial charge in [-0.1, -0.05) is 12.8 Å². The van der Waals surface area contributed by atoms with Gasteiger partial charge in [-0.15, -0.1) is 0 Å². The summed E-state index contributed by atoms with van der Waals surface area (Å²) in [4.78, 5) is 0. The van der Waals surface area contributed by atoms with Gasteiger partial charge in [0.15, 0.2) is 0 Å². The van der Waals surface area contributed by atoms with Crippen LogP contribution in [0.5, 0.6) is 0 Å². The fourth-order valence-electron chi connectivity index (χ4n) is 2.15. The van der Waals surface area contributed by atoms with Gasteiger partial charge in [0, 0.05) is 12.1 Å². The van der Waals surface area contributed by atoms with Gasteiger partial charge in [0.05, 0.1) is 6.26 Å². The van der Waals surface area contributed by atoms with E-state index in [0.29, 0.717) is 12.1 Å². The Balaban J connectivity index is 2.12. The predicted molar refractivity (Wildman–Crippen MR) is 42.7 cm³/mol. The number of hydrogen-bond acceptors (Lipinski definition) is 2. The van der Waals surface area contributed by atoms with Crippen LogP contribution in [-0.4, -0.2) is 31.1 Å². The molecular weight excluding hydrogens is 162 g/mol. The summed E-state index contributed by atoms with van der Waals surface area (Å²) in [6.07, 6.45) is 5.88. The van der Waals surface area contributed by atoms with Gasteiger partial charge >= 0.3 is 0 Å². The highest BCUT2D eigenvalue weighted by molar-refractivity contribution is 7.88. The summed E-state index contributed by atoms with van der Waals surface area (Å²) in [5.74, 6) is 0. The first-order valence-corrected chi connectivity index (χ1v) is 5.94. The van der Waals surface area contributed by atoms with Crippen molar-refractivity contribution < 1.29 is 8.42 Å². The molecule has 1 aliphatic carbocycles. The van der Waals surface area contributed by atoms with Crippen molar-refractivity contribution in [3.8, 4) is 0 Å². The lowest BCUT2D eigenvalue weighted by Crippen LogP contribution is -2.12. The molecule has 64 valence electrons. The topological polar surface area (TPSA) is 37.1 Å². The van der Waals surface area contributed by atoms with Crippen molar-refractivity contribution in [2.24, 2.45) is 0 Å². The van der Waals surface area contributed by atoms with Gasteiger partial charge < -0.3 is 0 Å². The normalized spacial score (nSPS) is 43.2. The molecule has 0 aromatic carbocycles. The average Bonchev–Trinajstić information content (AvgIpc) is 2.58. The summed E-state index contributed by atoms with van der Waals surface area (Å²) in [7, 11) is -2.88. The zero-order valence-electron chi connectivity index (χ0n) is 6.66. The molecule has 11 heavy (non-hydrogen) atoms. The molecule has 0 aromatic rings. The summed E-state index contributed by atoms with van der Waals surface area (Å²) in [5.41, 5.74) is 0. The third-order valence-electron chi connectivity index (χ3n) is 2.64. The summed E-state index contributed by atoms with van der Waals surface area (Å²) in [6.45, 7) is 0. The van der Waals surface area contributed by atoms with E-state index in [4.69, 9.17) is 0 Å². The van der Waals surface area contributed by atoms with Crippen LogP contribution in [0.1, 0.15) is 25.7 Å². The summed E-state index contributed by atoms with van der Waals surface area (Å²) in [5, 5.41) is 0. The summed E-state index contributed by atoms with van der Waals surface area (Å²) in [6, 6.07) is 0.748. The van der Waals surface area contributed by atoms with Crippen molar-refractivity contribution in [1.29, 1.82) is 0 Å². The minimum atomic E-state index is -2.88. The van der Waals surface area contributed by atoms with E-state index in [1.165, 1.54) is 19.1 Å². The first kappa shape index (κ1) is 7.55. The number of rotatable bonds is 1. The van der Waals surface area contributed by atoms with E-state index in [9.17, 15) is 8.42 Å². The molecule has 0 aromatic heterocycles. The van der Waals surface area contributed by atoms with E-state index in [1.807, 2.05) is 0 Å². The average molecular weight is 175 g/mol. The molecular formula is C7H13NO2S. The Kier molecular flexibility index (Phi) is 1.51. The van der Waals surface area contributed by atoms with E-state index >= 15 is 0 Å². The van der Waals surface area contributed by atoms with Crippen molar-refractivity contribution in [3.63, 3.8) is 0 Å². The molecule has 1 saturated carbocycles. The number of fused-ring (bicyclic) bond motifs is 1. The summed E-state index contributed by atoms with van der Waals surface area (Å²) < 4.78 is 23.8. The van der Waals surface area contributed by atoms with Gasteiger partial charge in [-0.2, -0.15) is 4.31 Å². The maximum atomic E-state index is 11.1. The first-order chi connectivity index (χ1) is 5.11. The zero-order chi connectivity index (χ0) is 8.06. The van der Waals surface area contributed by atoms with Gasteiger partial charge in [0.2, 0.25) is 10.0 Å². The quantitative estimate of drug-likeness (QED) is 0.546. The Morgan fingerprint density at radius 3 is 2.00 bits per heavy atom. The van der Waals surface area contributed by atoms with Gasteiger partial charge in [-0.25, -0.2) is 8.42 Å². The highest BCUT2D eigenvalue weighted by atomic mass is 32.2. The van der Waals surface area contributed by atoms with Gasteiger partial charge in [-0.05, 0) is 12.8 Å². The van der Waals surface area contributed by atoms with Crippen LogP contribution in [0.25, 0.3) is 0 Å². The lowest BCUT2D eigenvalue weighted by Gasteiger charge is -2.02. The molecule has 2 fully saturated rings. The van der Waals surface area contributed by atoms with E-state index in [1.54, 1.807) is 4.31 Å². The van der Waals surface area contributed by atoms with Crippen LogP contribution in [0.3, 0.4) is 0 Å². The Labute approximate surface area is 67.4 Å². The maximum Gasteiger partial charge on any atom is 0.211 e. The van der Waals surface area contributed by atoms with E-state index in [2.05, 4.69) is 0 Å². The first-order valence-electron chi connectivity index (χ1n) is 4.09. The van der Waals surface area contributed by atoms with E-state index in [0.717, 1.165) is 12.8 Å². The van der Waals surface area contributed by atoms with Crippen LogP contribution in [0.15, 0.2) is 0 Å². The molecule has 4 heteroatoms. The molecule has 0 radical (unpaired) electrons. The van der Waals surface area contributed by atoms with Crippen molar-refractivity contribution in [2.75, 3.05) is 6.26 Å². The van der Waals surface area contributed by atoms with E-state index in [-0.39, 0.29) is 0 Å². The molecule has 2 aliphatic rings. The highest BCUT2D eigenvalue weighted by Gasteiger charge is 2.53. The molecule has 1 saturated heterocycles.